The Kier molecular flexibility index (Phi) is 4.42. The highest BCUT2D eigenvalue weighted by Crippen LogP contribution is 2.21. The molecule has 0 atom stereocenters. The van der Waals surface area contributed by atoms with Crippen LogP contribution in [0.1, 0.15) is 25.2 Å². The molecule has 1 aromatic carbocycles. The molecule has 0 aliphatic heterocycles. The molecule has 0 bridgehead atoms. The van der Waals surface area contributed by atoms with Crippen LogP contribution in [0.15, 0.2) is 30.5 Å². The van der Waals surface area contributed by atoms with Crippen molar-refractivity contribution >= 4 is 17.0 Å². The number of nitrogens with two attached hydrogens (primary N) is 1. The van der Waals surface area contributed by atoms with E-state index in [2.05, 4.69) is 26.0 Å². The Bertz CT molecular complexity index is 768. The maximum Gasteiger partial charge on any atom is 0.183 e. The van der Waals surface area contributed by atoms with Crippen molar-refractivity contribution in [2.24, 2.45) is 0 Å². The third kappa shape index (κ3) is 3.13. The summed E-state index contributed by atoms with van der Waals surface area (Å²) in [6, 6.07) is 8.08. The lowest BCUT2D eigenvalue weighted by molar-refractivity contribution is 1.07. The molecule has 5 nitrogen and oxygen atoms in total. The van der Waals surface area contributed by atoms with Gasteiger partial charge in [0.2, 0.25) is 0 Å². The first-order valence-electron chi connectivity index (χ1n) is 6.97. The van der Waals surface area contributed by atoms with E-state index >= 15 is 0 Å². The summed E-state index contributed by atoms with van der Waals surface area (Å²) in [4.78, 5) is 17.2. The molecule has 2 N–H and O–H groups in total. The van der Waals surface area contributed by atoms with Crippen LogP contribution in [0.4, 0.5) is 5.82 Å². The molecule has 21 heavy (non-hydrogen) atoms. The maximum atomic E-state index is 5.88. The average Bonchev–Trinajstić information content (AvgIpc) is 2.49. The minimum Gasteiger partial charge on any atom is -0.382 e. The highest BCUT2D eigenvalue weighted by molar-refractivity contribution is 5.82. The molecular weight excluding hydrogens is 262 g/mol. The molecule has 0 aliphatic carbocycles. The molecule has 0 spiro atoms. The summed E-state index contributed by atoms with van der Waals surface area (Å²) in [5.41, 5.74) is 9.91. The molecule has 5 heteroatoms. The van der Waals surface area contributed by atoms with Gasteiger partial charge in [-0.3, -0.25) is 0 Å². The van der Waals surface area contributed by atoms with Gasteiger partial charge in [-0.25, -0.2) is 19.9 Å². The second-order valence-electron chi connectivity index (χ2n) is 4.45. The lowest BCUT2D eigenvalue weighted by Crippen LogP contribution is -2.01. The number of fused-ring (bicyclic) bond motifs is 1. The van der Waals surface area contributed by atoms with Gasteiger partial charge < -0.3 is 5.73 Å². The predicted octanol–water partition coefficient (Wildman–Crippen LogP) is 3.31. The molecular formula is C16H19N5. The molecule has 3 rings (SSSR count). The normalized spacial score (nSPS) is 10.1. The summed E-state index contributed by atoms with van der Waals surface area (Å²) in [5, 5.41) is 0. The molecule has 0 radical (unpaired) electrons. The Morgan fingerprint density at radius 2 is 1.76 bits per heavy atom. The highest BCUT2D eigenvalue weighted by atomic mass is 15.0. The van der Waals surface area contributed by atoms with Crippen LogP contribution in [-0.4, -0.2) is 19.9 Å². The van der Waals surface area contributed by atoms with E-state index in [0.717, 1.165) is 11.3 Å². The molecule has 0 unspecified atom stereocenters. The second-order valence-corrected chi connectivity index (χ2v) is 4.45. The molecule has 3 aromatic rings. The third-order valence-electron chi connectivity index (χ3n) is 2.86. The van der Waals surface area contributed by atoms with Gasteiger partial charge in [-0.05, 0) is 19.9 Å². The van der Waals surface area contributed by atoms with Gasteiger partial charge >= 0.3 is 0 Å². The zero-order valence-corrected chi connectivity index (χ0v) is 12.8. The van der Waals surface area contributed by atoms with Crippen molar-refractivity contribution in [2.75, 3.05) is 5.73 Å². The van der Waals surface area contributed by atoms with Crippen LogP contribution in [0.25, 0.3) is 22.4 Å². The third-order valence-corrected chi connectivity index (χ3v) is 2.86. The molecule has 2 aromatic heterocycles. The summed E-state index contributed by atoms with van der Waals surface area (Å²) >= 11 is 0. The summed E-state index contributed by atoms with van der Waals surface area (Å²) in [6.07, 6.45) is 1.71. The number of nitrogens with zero attached hydrogens (tertiary/aromatic N) is 4. The Balaban J connectivity index is 0.000000774. The minimum atomic E-state index is 0.365. The van der Waals surface area contributed by atoms with Crippen molar-refractivity contribution in [3.8, 4) is 11.3 Å². The van der Waals surface area contributed by atoms with E-state index in [-0.39, 0.29) is 0 Å². The summed E-state index contributed by atoms with van der Waals surface area (Å²) in [7, 11) is 0. The minimum absolute atomic E-state index is 0.365. The van der Waals surface area contributed by atoms with Crippen LogP contribution in [0.2, 0.25) is 0 Å². The molecule has 0 saturated heterocycles. The highest BCUT2D eigenvalue weighted by Gasteiger charge is 2.08. The fourth-order valence-corrected chi connectivity index (χ4v) is 1.99. The predicted molar refractivity (Wildman–Crippen MR) is 85.8 cm³/mol. The standard InChI is InChI=1S/C14H13N5.C2H6/c1-8-4-3-5-10(6-8)11-7-16-14-12(19-11)13(15)17-9(2)18-14;1-2/h3-7H,1-2H3,(H2,15,16,17,18);1-2H3. The van der Waals surface area contributed by atoms with Crippen molar-refractivity contribution < 1.29 is 0 Å². The van der Waals surface area contributed by atoms with Crippen LogP contribution >= 0.6 is 0 Å². The first-order chi connectivity index (χ1) is 10.1. The van der Waals surface area contributed by atoms with Crippen LogP contribution in [-0.2, 0) is 0 Å². The van der Waals surface area contributed by atoms with Crippen LogP contribution in [0.3, 0.4) is 0 Å². The van der Waals surface area contributed by atoms with Gasteiger partial charge in [0.1, 0.15) is 5.82 Å². The zero-order valence-electron chi connectivity index (χ0n) is 12.8. The Hall–Kier alpha value is -2.56. The first kappa shape index (κ1) is 14.8. The van der Waals surface area contributed by atoms with Gasteiger partial charge in [0, 0.05) is 5.56 Å². The Labute approximate surface area is 124 Å². The summed E-state index contributed by atoms with van der Waals surface area (Å²) in [5.74, 6) is 0.965. The van der Waals surface area contributed by atoms with E-state index in [9.17, 15) is 0 Å². The van der Waals surface area contributed by atoms with Gasteiger partial charge in [-0.2, -0.15) is 0 Å². The van der Waals surface area contributed by atoms with Crippen molar-refractivity contribution in [3.63, 3.8) is 0 Å². The van der Waals surface area contributed by atoms with E-state index in [1.807, 2.05) is 39.0 Å². The van der Waals surface area contributed by atoms with Crippen molar-refractivity contribution in [3.05, 3.63) is 41.9 Å². The number of benzene rings is 1. The molecule has 2 heterocycles. The van der Waals surface area contributed by atoms with Crippen molar-refractivity contribution in [2.45, 2.75) is 27.7 Å². The largest absolute Gasteiger partial charge is 0.382 e. The van der Waals surface area contributed by atoms with Gasteiger partial charge in [-0.15, -0.1) is 0 Å². The Morgan fingerprint density at radius 3 is 2.48 bits per heavy atom. The smallest absolute Gasteiger partial charge is 0.183 e. The number of hydrogen-bond acceptors (Lipinski definition) is 5. The number of aromatic nitrogens is 4. The van der Waals surface area contributed by atoms with E-state index in [1.165, 1.54) is 5.56 Å². The van der Waals surface area contributed by atoms with E-state index in [4.69, 9.17) is 5.73 Å². The fraction of sp³-hybridized carbons (Fsp3) is 0.250. The molecule has 108 valence electrons. The monoisotopic (exact) mass is 281 g/mol. The molecule has 0 saturated carbocycles. The lowest BCUT2D eigenvalue weighted by Gasteiger charge is -2.05. The van der Waals surface area contributed by atoms with Gasteiger partial charge in [0.05, 0.1) is 11.9 Å². The number of hydrogen-bond donors (Lipinski definition) is 1. The van der Waals surface area contributed by atoms with Crippen LogP contribution < -0.4 is 5.73 Å². The lowest BCUT2D eigenvalue weighted by atomic mass is 10.1. The van der Waals surface area contributed by atoms with Gasteiger partial charge in [0.25, 0.3) is 0 Å². The fourth-order valence-electron chi connectivity index (χ4n) is 1.99. The number of anilines is 1. The molecule has 0 aliphatic rings. The van der Waals surface area contributed by atoms with E-state index < -0.39 is 0 Å². The van der Waals surface area contributed by atoms with Crippen LogP contribution in [0.5, 0.6) is 0 Å². The Morgan fingerprint density at radius 1 is 1.00 bits per heavy atom. The van der Waals surface area contributed by atoms with E-state index in [1.54, 1.807) is 13.1 Å². The number of aryl methyl sites for hydroxylation is 2. The molecule has 0 fully saturated rings. The topological polar surface area (TPSA) is 77.6 Å². The van der Waals surface area contributed by atoms with E-state index in [0.29, 0.717) is 22.8 Å². The van der Waals surface area contributed by atoms with Crippen LogP contribution in [0, 0.1) is 13.8 Å². The van der Waals surface area contributed by atoms with Crippen molar-refractivity contribution in [1.29, 1.82) is 0 Å². The van der Waals surface area contributed by atoms with Gasteiger partial charge in [-0.1, -0.05) is 37.6 Å². The average molecular weight is 281 g/mol. The zero-order chi connectivity index (χ0) is 15.4. The SMILES string of the molecule is CC.Cc1cccc(-c2cnc3nc(C)nc(N)c3n2)c1. The quantitative estimate of drug-likeness (QED) is 0.740. The van der Waals surface area contributed by atoms with Crippen molar-refractivity contribution in [1.82, 2.24) is 19.9 Å². The van der Waals surface area contributed by atoms with Gasteiger partial charge in [0.15, 0.2) is 17.0 Å². The second kappa shape index (κ2) is 6.26. The number of nitrogen functional groups attached to an aromatic ring is 1. The molecule has 0 amide bonds. The summed E-state index contributed by atoms with van der Waals surface area (Å²) in [6.45, 7) is 7.82. The maximum absolute atomic E-state index is 5.88. The summed E-state index contributed by atoms with van der Waals surface area (Å²) < 4.78 is 0. The first-order valence-corrected chi connectivity index (χ1v) is 6.97. The number of rotatable bonds is 1.